The molecule has 0 aromatic heterocycles. The Kier molecular flexibility index (Phi) is 57.0. The number of hydrogen-bond acceptors (Lipinski definition) is 8. The lowest BCUT2D eigenvalue weighted by Gasteiger charge is -2.40. The SMILES string of the molecule is CC/C=C\C/C=C\C/C=C\C/C=C\CCCCCCCCCCCCCCCCCCCCCCCCC(=O)NC(COC1OC(CO)C(O)C(O)C1O)C(O)/C=C/CCCCCCCCCCCCCCCCCCCCCC. The average molecular weight is 1130 g/mol. The van der Waals surface area contributed by atoms with Gasteiger partial charge in [-0.1, -0.05) is 325 Å². The van der Waals surface area contributed by atoms with Gasteiger partial charge in [0.05, 0.1) is 25.4 Å². The van der Waals surface area contributed by atoms with Crippen LogP contribution in [-0.2, 0) is 14.3 Å². The Morgan fingerprint density at radius 1 is 0.438 bits per heavy atom. The van der Waals surface area contributed by atoms with Crippen molar-refractivity contribution in [1.29, 1.82) is 0 Å². The third-order valence-corrected chi connectivity index (χ3v) is 16.3. The monoisotopic (exact) mass is 1130 g/mol. The van der Waals surface area contributed by atoms with Crippen molar-refractivity contribution >= 4 is 5.91 Å². The molecule has 7 unspecified atom stereocenters. The highest BCUT2D eigenvalue weighted by Crippen LogP contribution is 2.23. The standard InChI is InChI=1S/C71H131NO8/c1-3-5-7-9-11-13-15-17-19-21-23-25-27-28-29-30-31-32-33-34-35-36-37-38-39-41-43-45-47-49-51-53-55-57-59-61-67(75)72-64(63-79-71-70(78)69(77)68(76)66(62-73)80-71)65(74)60-58-56-54-52-50-48-46-44-42-40-26-24-22-20-18-16-14-12-10-8-6-4-2/h5,7,11,13,17,19,23,25,58,60,64-66,68-71,73-74,76-78H,3-4,6,8-10,12,14-16,18,20-22,24,26-57,59,61-63H2,1-2H3,(H,72,75)/b7-5-,13-11-,19-17-,25-23-,60-58+. The first-order valence-corrected chi connectivity index (χ1v) is 34.5. The first-order chi connectivity index (χ1) is 39.3. The third kappa shape index (κ3) is 48.3. The number of aliphatic hydroxyl groups is 5. The highest BCUT2D eigenvalue weighted by Gasteiger charge is 2.44. The zero-order valence-corrected chi connectivity index (χ0v) is 52.3. The molecule has 0 aromatic rings. The van der Waals surface area contributed by atoms with Crippen LogP contribution in [0.4, 0.5) is 0 Å². The number of aliphatic hydroxyl groups excluding tert-OH is 5. The minimum atomic E-state index is -1.57. The number of carbonyl (C=O) groups is 1. The van der Waals surface area contributed by atoms with Crippen LogP contribution in [0.1, 0.15) is 328 Å². The molecule has 468 valence electrons. The molecule has 1 aliphatic rings. The Balaban J connectivity index is 2.10. The molecule has 1 rings (SSSR count). The molecule has 1 amide bonds. The van der Waals surface area contributed by atoms with Gasteiger partial charge in [-0.25, -0.2) is 0 Å². The lowest BCUT2D eigenvalue weighted by atomic mass is 9.99. The predicted molar refractivity (Wildman–Crippen MR) is 341 cm³/mol. The van der Waals surface area contributed by atoms with Gasteiger partial charge < -0.3 is 40.3 Å². The van der Waals surface area contributed by atoms with Gasteiger partial charge in [-0.3, -0.25) is 4.79 Å². The van der Waals surface area contributed by atoms with E-state index in [0.29, 0.717) is 6.42 Å². The summed E-state index contributed by atoms with van der Waals surface area (Å²) in [5.41, 5.74) is 0. The number of carbonyl (C=O) groups excluding carboxylic acids is 1. The lowest BCUT2D eigenvalue weighted by Crippen LogP contribution is -2.60. The van der Waals surface area contributed by atoms with Gasteiger partial charge in [-0.15, -0.1) is 0 Å². The molecule has 0 saturated carbocycles. The topological polar surface area (TPSA) is 149 Å². The first kappa shape index (κ1) is 75.9. The fourth-order valence-electron chi connectivity index (χ4n) is 11.0. The minimum absolute atomic E-state index is 0.171. The maximum Gasteiger partial charge on any atom is 0.220 e. The van der Waals surface area contributed by atoms with Crippen LogP contribution in [0, 0.1) is 0 Å². The van der Waals surface area contributed by atoms with Gasteiger partial charge in [0.15, 0.2) is 6.29 Å². The number of rotatable bonds is 60. The zero-order valence-electron chi connectivity index (χ0n) is 52.3. The summed E-state index contributed by atoms with van der Waals surface area (Å²) in [5, 5.41) is 54.7. The van der Waals surface area contributed by atoms with E-state index in [4.69, 9.17) is 9.47 Å². The van der Waals surface area contributed by atoms with Gasteiger partial charge >= 0.3 is 0 Å². The third-order valence-electron chi connectivity index (χ3n) is 16.3. The van der Waals surface area contributed by atoms with E-state index in [-0.39, 0.29) is 12.5 Å². The Labute approximate surface area is 494 Å². The molecule has 7 atom stereocenters. The maximum atomic E-state index is 13.1. The molecule has 1 heterocycles. The molecule has 0 aromatic carbocycles. The van der Waals surface area contributed by atoms with Crippen LogP contribution in [-0.4, -0.2) is 87.5 Å². The van der Waals surface area contributed by atoms with Crippen LogP contribution >= 0.6 is 0 Å². The van der Waals surface area contributed by atoms with Crippen molar-refractivity contribution in [3.05, 3.63) is 60.8 Å². The Morgan fingerprint density at radius 3 is 1.15 bits per heavy atom. The molecule has 0 spiro atoms. The second kappa shape index (κ2) is 60.0. The smallest absolute Gasteiger partial charge is 0.220 e. The predicted octanol–water partition coefficient (Wildman–Crippen LogP) is 18.6. The molecular weight excluding hydrogens is 995 g/mol. The molecule has 0 radical (unpaired) electrons. The van der Waals surface area contributed by atoms with Crippen molar-refractivity contribution in [1.82, 2.24) is 5.32 Å². The van der Waals surface area contributed by atoms with Crippen molar-refractivity contribution < 1.29 is 39.8 Å². The molecule has 1 saturated heterocycles. The zero-order chi connectivity index (χ0) is 57.9. The van der Waals surface area contributed by atoms with Gasteiger partial charge in [0.1, 0.15) is 24.4 Å². The summed E-state index contributed by atoms with van der Waals surface area (Å²) in [6, 6.07) is -0.806. The Hall–Kier alpha value is -2.11. The highest BCUT2D eigenvalue weighted by molar-refractivity contribution is 5.76. The minimum Gasteiger partial charge on any atom is -0.394 e. The fraction of sp³-hybridized carbons (Fsp3) is 0.845. The van der Waals surface area contributed by atoms with Crippen molar-refractivity contribution in [3.8, 4) is 0 Å². The number of ether oxygens (including phenoxy) is 2. The van der Waals surface area contributed by atoms with Crippen molar-refractivity contribution in [2.75, 3.05) is 13.2 Å². The van der Waals surface area contributed by atoms with E-state index in [1.54, 1.807) is 6.08 Å². The molecule has 6 N–H and O–H groups in total. The van der Waals surface area contributed by atoms with E-state index in [1.165, 1.54) is 244 Å². The first-order valence-electron chi connectivity index (χ1n) is 34.5. The van der Waals surface area contributed by atoms with E-state index < -0.39 is 49.5 Å². The number of amides is 1. The lowest BCUT2D eigenvalue weighted by molar-refractivity contribution is -0.302. The molecule has 0 aliphatic carbocycles. The van der Waals surface area contributed by atoms with Crippen LogP contribution in [0.3, 0.4) is 0 Å². The van der Waals surface area contributed by atoms with Crippen LogP contribution < -0.4 is 5.32 Å². The summed E-state index contributed by atoms with van der Waals surface area (Å²) in [5.74, 6) is -0.171. The van der Waals surface area contributed by atoms with Crippen molar-refractivity contribution in [3.63, 3.8) is 0 Å². The van der Waals surface area contributed by atoms with Crippen LogP contribution in [0.5, 0.6) is 0 Å². The normalized spacial score (nSPS) is 18.8. The second-order valence-corrected chi connectivity index (χ2v) is 23.9. The van der Waals surface area contributed by atoms with E-state index in [2.05, 4.69) is 67.8 Å². The summed E-state index contributed by atoms with van der Waals surface area (Å²) in [7, 11) is 0. The average Bonchev–Trinajstić information content (AvgIpc) is 3.46. The molecule has 9 heteroatoms. The summed E-state index contributed by atoms with van der Waals surface area (Å²) in [6.07, 6.45) is 76.1. The molecule has 1 aliphatic heterocycles. The summed E-state index contributed by atoms with van der Waals surface area (Å²) >= 11 is 0. The van der Waals surface area contributed by atoms with E-state index in [9.17, 15) is 30.3 Å². The fourth-order valence-corrected chi connectivity index (χ4v) is 11.0. The Morgan fingerprint density at radius 2 is 0.775 bits per heavy atom. The summed E-state index contributed by atoms with van der Waals surface area (Å²) < 4.78 is 11.3. The van der Waals surface area contributed by atoms with E-state index >= 15 is 0 Å². The largest absolute Gasteiger partial charge is 0.394 e. The quantitative estimate of drug-likeness (QED) is 0.0261. The molecular formula is C71H131NO8. The van der Waals surface area contributed by atoms with Crippen LogP contribution in [0.2, 0.25) is 0 Å². The van der Waals surface area contributed by atoms with Crippen LogP contribution in [0.25, 0.3) is 0 Å². The molecule has 80 heavy (non-hydrogen) atoms. The molecule has 9 nitrogen and oxygen atoms in total. The maximum absolute atomic E-state index is 13.1. The van der Waals surface area contributed by atoms with E-state index in [0.717, 1.165) is 64.2 Å². The summed E-state index contributed by atoms with van der Waals surface area (Å²) in [6.45, 7) is 3.71. The molecule has 1 fully saturated rings. The highest BCUT2D eigenvalue weighted by atomic mass is 16.7. The van der Waals surface area contributed by atoms with Crippen molar-refractivity contribution in [2.45, 2.75) is 371 Å². The van der Waals surface area contributed by atoms with Crippen molar-refractivity contribution in [2.24, 2.45) is 0 Å². The van der Waals surface area contributed by atoms with Gasteiger partial charge in [0, 0.05) is 6.42 Å². The second-order valence-electron chi connectivity index (χ2n) is 23.9. The number of allylic oxidation sites excluding steroid dienone is 9. The van der Waals surface area contributed by atoms with Gasteiger partial charge in [-0.05, 0) is 57.8 Å². The van der Waals surface area contributed by atoms with Gasteiger partial charge in [-0.2, -0.15) is 0 Å². The number of unbranched alkanes of at least 4 members (excludes halogenated alkanes) is 42. The van der Waals surface area contributed by atoms with E-state index in [1.807, 2.05) is 6.08 Å². The van der Waals surface area contributed by atoms with Gasteiger partial charge in [0.2, 0.25) is 5.91 Å². The Bertz CT molecular complexity index is 1450. The summed E-state index contributed by atoms with van der Waals surface area (Å²) in [4.78, 5) is 13.1. The number of hydrogen-bond donors (Lipinski definition) is 6. The molecule has 0 bridgehead atoms. The number of nitrogens with one attached hydrogen (secondary N) is 1. The van der Waals surface area contributed by atoms with Crippen LogP contribution in [0.15, 0.2) is 60.8 Å². The van der Waals surface area contributed by atoms with Gasteiger partial charge in [0.25, 0.3) is 0 Å².